The molecule has 0 bridgehead atoms. The summed E-state index contributed by atoms with van der Waals surface area (Å²) in [4.78, 5) is 15.7. The van der Waals surface area contributed by atoms with Crippen LogP contribution >= 0.6 is 39.1 Å². The summed E-state index contributed by atoms with van der Waals surface area (Å²) in [6, 6.07) is 6.90. The van der Waals surface area contributed by atoms with E-state index in [-0.39, 0.29) is 17.7 Å². The maximum atomic E-state index is 11.9. The van der Waals surface area contributed by atoms with Crippen molar-refractivity contribution in [3.63, 3.8) is 0 Å². The number of nitrogens with one attached hydrogen (secondary N) is 1. The maximum absolute atomic E-state index is 11.9. The van der Waals surface area contributed by atoms with Gasteiger partial charge in [0.2, 0.25) is 0 Å². The Bertz CT molecular complexity index is 657. The molecule has 1 aromatic carbocycles. The Morgan fingerprint density at radius 2 is 2.19 bits per heavy atom. The zero-order valence-electron chi connectivity index (χ0n) is 11.0. The maximum Gasteiger partial charge on any atom is 0.262 e. The van der Waals surface area contributed by atoms with Crippen molar-refractivity contribution >= 4 is 50.7 Å². The van der Waals surface area contributed by atoms with E-state index in [1.807, 2.05) is 13.0 Å². The predicted molar refractivity (Wildman–Crippen MR) is 87.3 cm³/mol. The van der Waals surface area contributed by atoms with E-state index in [9.17, 15) is 4.79 Å². The highest BCUT2D eigenvalue weighted by Gasteiger charge is 2.11. The summed E-state index contributed by atoms with van der Waals surface area (Å²) >= 11 is 15.3. The van der Waals surface area contributed by atoms with E-state index in [1.54, 1.807) is 24.4 Å². The molecule has 0 unspecified atom stereocenters. The second kappa shape index (κ2) is 7.11. The fourth-order valence-electron chi connectivity index (χ4n) is 1.68. The number of rotatable bonds is 4. The first-order chi connectivity index (χ1) is 9.97. The summed E-state index contributed by atoms with van der Waals surface area (Å²) in [5.74, 6) is 0.135. The predicted octanol–water partition coefficient (Wildman–Crippen LogP) is 4.48. The number of hydrogen-bond acceptors (Lipinski definition) is 3. The normalized spacial score (nSPS) is 10.3. The molecular weight excluding hydrogens is 379 g/mol. The van der Waals surface area contributed by atoms with E-state index in [4.69, 9.17) is 27.9 Å². The lowest BCUT2D eigenvalue weighted by Gasteiger charge is -2.12. The van der Waals surface area contributed by atoms with Gasteiger partial charge in [-0.25, -0.2) is 4.98 Å². The number of hydrogen-bond donors (Lipinski definition) is 1. The molecule has 0 aliphatic heterocycles. The molecular formula is C14H11BrCl2N2O2. The zero-order chi connectivity index (χ0) is 15.4. The number of ether oxygens (including phenoxy) is 1. The van der Waals surface area contributed by atoms with Gasteiger partial charge in [0.15, 0.2) is 11.8 Å². The first-order valence-corrected chi connectivity index (χ1v) is 7.51. The molecule has 0 radical (unpaired) electrons. The fraction of sp³-hybridized carbons (Fsp3) is 0.143. The number of halogens is 3. The zero-order valence-corrected chi connectivity index (χ0v) is 14.1. The van der Waals surface area contributed by atoms with Gasteiger partial charge in [-0.3, -0.25) is 4.79 Å². The topological polar surface area (TPSA) is 51.2 Å². The van der Waals surface area contributed by atoms with Crippen LogP contribution in [0.3, 0.4) is 0 Å². The van der Waals surface area contributed by atoms with Crippen LogP contribution in [0.15, 0.2) is 34.9 Å². The Morgan fingerprint density at radius 3 is 2.86 bits per heavy atom. The lowest BCUT2D eigenvalue weighted by molar-refractivity contribution is -0.118. The Hall–Kier alpha value is -1.30. The Balaban J connectivity index is 2.01. The molecule has 0 spiro atoms. The largest absolute Gasteiger partial charge is 0.482 e. The van der Waals surface area contributed by atoms with E-state index in [0.717, 1.165) is 10.0 Å². The molecule has 1 N–H and O–H groups in total. The molecule has 0 fully saturated rings. The number of benzene rings is 1. The minimum Gasteiger partial charge on any atom is -0.482 e. The number of aryl methyl sites for hydroxylation is 1. The number of aromatic nitrogens is 1. The van der Waals surface area contributed by atoms with Gasteiger partial charge in [-0.1, -0.05) is 39.1 Å². The van der Waals surface area contributed by atoms with Crippen molar-refractivity contribution in [2.75, 3.05) is 11.9 Å². The van der Waals surface area contributed by atoms with E-state index >= 15 is 0 Å². The molecule has 0 saturated heterocycles. The van der Waals surface area contributed by atoms with Crippen LogP contribution in [0.4, 0.5) is 5.69 Å². The van der Waals surface area contributed by atoms with Crippen LogP contribution in [0.25, 0.3) is 0 Å². The summed E-state index contributed by atoms with van der Waals surface area (Å²) < 4.78 is 6.32. The van der Waals surface area contributed by atoms with Gasteiger partial charge < -0.3 is 10.1 Å². The quantitative estimate of drug-likeness (QED) is 0.784. The first kappa shape index (κ1) is 16.1. The van der Waals surface area contributed by atoms with Crippen molar-refractivity contribution in [2.24, 2.45) is 0 Å². The Labute approximate surface area is 140 Å². The second-order valence-corrected chi connectivity index (χ2v) is 5.89. The molecule has 0 saturated carbocycles. The Morgan fingerprint density at radius 1 is 1.43 bits per heavy atom. The summed E-state index contributed by atoms with van der Waals surface area (Å²) in [5, 5.41) is 3.28. The van der Waals surface area contributed by atoms with Crippen molar-refractivity contribution in [2.45, 2.75) is 6.92 Å². The molecule has 0 aliphatic rings. The average molecular weight is 390 g/mol. The number of anilines is 1. The van der Waals surface area contributed by atoms with E-state index in [1.165, 1.54) is 0 Å². The van der Waals surface area contributed by atoms with Crippen LogP contribution in [0.2, 0.25) is 10.2 Å². The third-order valence-corrected chi connectivity index (χ3v) is 3.61. The second-order valence-electron chi connectivity index (χ2n) is 4.21. The van der Waals surface area contributed by atoms with Crippen molar-refractivity contribution in [3.05, 3.63) is 50.7 Å². The van der Waals surface area contributed by atoms with Gasteiger partial charge in [0.05, 0.1) is 10.7 Å². The molecule has 7 heteroatoms. The van der Waals surface area contributed by atoms with Gasteiger partial charge in [-0.05, 0) is 36.8 Å². The lowest BCUT2D eigenvalue weighted by Crippen LogP contribution is -2.20. The van der Waals surface area contributed by atoms with Crippen molar-refractivity contribution in [1.82, 2.24) is 4.98 Å². The molecule has 2 aromatic rings. The van der Waals surface area contributed by atoms with E-state index in [2.05, 4.69) is 26.2 Å². The molecule has 2 rings (SSSR count). The third-order valence-electron chi connectivity index (χ3n) is 2.57. The van der Waals surface area contributed by atoms with Crippen LogP contribution in [0.1, 0.15) is 5.56 Å². The van der Waals surface area contributed by atoms with Gasteiger partial charge in [0.1, 0.15) is 5.75 Å². The van der Waals surface area contributed by atoms with Crippen LogP contribution < -0.4 is 10.1 Å². The molecule has 1 amide bonds. The minimum atomic E-state index is -0.344. The summed E-state index contributed by atoms with van der Waals surface area (Å²) in [7, 11) is 0. The number of carbonyl (C=O) groups excluding carboxylic acids is 1. The molecule has 4 nitrogen and oxygen atoms in total. The molecule has 0 aliphatic carbocycles. The van der Waals surface area contributed by atoms with Crippen LogP contribution in [-0.4, -0.2) is 17.5 Å². The SMILES string of the molecule is Cc1cc(Br)cc(Cl)c1OCC(=O)Nc1cccnc1Cl. The third kappa shape index (κ3) is 4.33. The molecule has 110 valence electrons. The molecule has 1 heterocycles. The van der Waals surface area contributed by atoms with Gasteiger partial charge in [0.25, 0.3) is 5.91 Å². The van der Waals surface area contributed by atoms with Crippen molar-refractivity contribution in [1.29, 1.82) is 0 Å². The smallest absolute Gasteiger partial charge is 0.262 e. The number of nitrogens with zero attached hydrogens (tertiary/aromatic N) is 1. The summed E-state index contributed by atoms with van der Waals surface area (Å²) in [6.45, 7) is 1.68. The fourth-order valence-corrected chi connectivity index (χ4v) is 2.87. The molecule has 0 atom stereocenters. The highest BCUT2D eigenvalue weighted by atomic mass is 79.9. The monoisotopic (exact) mass is 388 g/mol. The number of carbonyl (C=O) groups is 1. The van der Waals surface area contributed by atoms with Gasteiger partial charge >= 0.3 is 0 Å². The highest BCUT2D eigenvalue weighted by Crippen LogP contribution is 2.32. The van der Waals surface area contributed by atoms with Gasteiger partial charge in [-0.2, -0.15) is 0 Å². The number of amides is 1. The number of pyridine rings is 1. The standard InChI is InChI=1S/C14H11BrCl2N2O2/c1-8-5-9(15)6-10(16)13(8)21-7-12(20)19-11-3-2-4-18-14(11)17/h2-6H,7H2,1H3,(H,19,20). The highest BCUT2D eigenvalue weighted by molar-refractivity contribution is 9.10. The first-order valence-electron chi connectivity index (χ1n) is 5.96. The van der Waals surface area contributed by atoms with Crippen LogP contribution in [-0.2, 0) is 4.79 Å². The Kier molecular flexibility index (Phi) is 5.45. The van der Waals surface area contributed by atoms with E-state index in [0.29, 0.717) is 16.5 Å². The van der Waals surface area contributed by atoms with Crippen LogP contribution in [0, 0.1) is 6.92 Å². The lowest BCUT2D eigenvalue weighted by atomic mass is 10.2. The summed E-state index contributed by atoms with van der Waals surface area (Å²) in [6.07, 6.45) is 1.54. The van der Waals surface area contributed by atoms with Gasteiger partial charge in [-0.15, -0.1) is 0 Å². The van der Waals surface area contributed by atoms with Gasteiger partial charge in [0, 0.05) is 10.7 Å². The minimum absolute atomic E-state index is 0.173. The van der Waals surface area contributed by atoms with Crippen molar-refractivity contribution < 1.29 is 9.53 Å². The van der Waals surface area contributed by atoms with Crippen molar-refractivity contribution in [3.8, 4) is 5.75 Å². The average Bonchev–Trinajstić information content (AvgIpc) is 2.40. The van der Waals surface area contributed by atoms with Crippen LogP contribution in [0.5, 0.6) is 5.75 Å². The van der Waals surface area contributed by atoms with E-state index < -0.39 is 0 Å². The summed E-state index contributed by atoms with van der Waals surface area (Å²) in [5.41, 5.74) is 1.27. The molecule has 21 heavy (non-hydrogen) atoms. The molecule has 1 aromatic heterocycles.